The Morgan fingerprint density at radius 2 is 1.62 bits per heavy atom. The largest absolute Gasteiger partial charge is 0.272 e. The van der Waals surface area contributed by atoms with Crippen molar-refractivity contribution in [2.45, 2.75) is 94.9 Å². The molecule has 0 bridgehead atoms. The summed E-state index contributed by atoms with van der Waals surface area (Å²) in [4.78, 5) is 3.36. The van der Waals surface area contributed by atoms with Crippen LogP contribution in [-0.2, 0) is 0 Å². The van der Waals surface area contributed by atoms with Crippen LogP contribution in [0.2, 0.25) is 0 Å². The SMILES string of the molecule is C/C=C/N1CCC(/C=C/C=[NH+]c2ccccc2C(C)C)=N1.C/C=C\CC.CC.CC.CC. The summed E-state index contributed by atoms with van der Waals surface area (Å²) in [7, 11) is 0. The van der Waals surface area contributed by atoms with Crippen LogP contribution in [0.15, 0.2) is 65.9 Å². The Morgan fingerprint density at radius 3 is 2.12 bits per heavy atom. The minimum Gasteiger partial charge on any atom is -0.272 e. The van der Waals surface area contributed by atoms with Gasteiger partial charge in [-0.2, -0.15) is 5.10 Å². The first-order chi connectivity index (χ1) is 15.6. The molecular formula is C29H52N3+. The highest BCUT2D eigenvalue weighted by Crippen LogP contribution is 2.19. The lowest BCUT2D eigenvalue weighted by Gasteiger charge is -2.03. The molecule has 0 radical (unpaired) electrons. The van der Waals surface area contributed by atoms with Crippen LogP contribution < -0.4 is 4.99 Å². The van der Waals surface area contributed by atoms with Gasteiger partial charge in [0.05, 0.1) is 5.71 Å². The number of hydrogen-bond donors (Lipinski definition) is 1. The van der Waals surface area contributed by atoms with Crippen molar-refractivity contribution < 1.29 is 4.99 Å². The fourth-order valence-corrected chi connectivity index (χ4v) is 2.56. The highest BCUT2D eigenvalue weighted by atomic mass is 15.5. The number of benzene rings is 1. The molecule has 0 saturated carbocycles. The molecule has 0 amide bonds. The molecule has 3 nitrogen and oxygen atoms in total. The van der Waals surface area contributed by atoms with E-state index in [1.54, 1.807) is 0 Å². The molecule has 1 aromatic carbocycles. The summed E-state index contributed by atoms with van der Waals surface area (Å²) in [5.41, 5.74) is 3.61. The Kier molecular flexibility index (Phi) is 28.4. The normalized spacial score (nSPS) is 12.6. The first-order valence-electron chi connectivity index (χ1n) is 12.6. The van der Waals surface area contributed by atoms with E-state index in [1.807, 2.05) is 85.0 Å². The minimum absolute atomic E-state index is 0.514. The van der Waals surface area contributed by atoms with Crippen molar-refractivity contribution in [3.05, 3.63) is 66.4 Å². The fraction of sp³-hybridized carbons (Fsp3) is 0.517. The van der Waals surface area contributed by atoms with E-state index in [4.69, 9.17) is 0 Å². The average molecular weight is 443 g/mol. The van der Waals surface area contributed by atoms with Crippen LogP contribution in [0.1, 0.15) is 100 Å². The summed E-state index contributed by atoms with van der Waals surface area (Å²) in [6, 6.07) is 8.42. The van der Waals surface area contributed by atoms with Crippen LogP contribution in [0.5, 0.6) is 0 Å². The van der Waals surface area contributed by atoms with E-state index < -0.39 is 0 Å². The van der Waals surface area contributed by atoms with Gasteiger partial charge in [0.15, 0.2) is 6.21 Å². The Labute approximate surface area is 200 Å². The lowest BCUT2D eigenvalue weighted by atomic mass is 10.0. The molecule has 0 aromatic heterocycles. The van der Waals surface area contributed by atoms with Crippen molar-refractivity contribution in [1.82, 2.24) is 5.01 Å². The van der Waals surface area contributed by atoms with Crippen LogP contribution >= 0.6 is 0 Å². The van der Waals surface area contributed by atoms with Crippen LogP contribution in [0.4, 0.5) is 5.69 Å². The smallest absolute Gasteiger partial charge is 0.206 e. The van der Waals surface area contributed by atoms with Crippen LogP contribution in [0.25, 0.3) is 0 Å². The van der Waals surface area contributed by atoms with Crippen LogP contribution in [-0.4, -0.2) is 23.5 Å². The summed E-state index contributed by atoms with van der Waals surface area (Å²) in [6.45, 7) is 23.5. The Morgan fingerprint density at radius 1 is 1.00 bits per heavy atom. The number of hydrazone groups is 1. The summed E-state index contributed by atoms with van der Waals surface area (Å²) in [5.74, 6) is 0.514. The van der Waals surface area contributed by atoms with E-state index in [2.05, 4.69) is 73.4 Å². The molecular weight excluding hydrogens is 390 g/mol. The van der Waals surface area contributed by atoms with E-state index in [1.165, 1.54) is 11.3 Å². The van der Waals surface area contributed by atoms with Crippen molar-refractivity contribution >= 4 is 17.6 Å². The van der Waals surface area contributed by atoms with Gasteiger partial charge in [0.1, 0.15) is 0 Å². The van der Waals surface area contributed by atoms with Gasteiger partial charge in [-0.15, -0.1) is 0 Å². The summed E-state index contributed by atoms with van der Waals surface area (Å²) in [5, 5.41) is 6.47. The number of allylic oxidation sites excluding steroid dienone is 5. The van der Waals surface area contributed by atoms with E-state index in [9.17, 15) is 0 Å². The topological polar surface area (TPSA) is 29.6 Å². The van der Waals surface area contributed by atoms with E-state index >= 15 is 0 Å². The zero-order chi connectivity index (χ0) is 25.2. The monoisotopic (exact) mass is 442 g/mol. The standard InChI is InChI=1S/C18H23N3.C5H10.3C2H6/c1-4-13-21-14-11-16(20-21)8-7-12-19-18-10-6-5-9-17(18)15(2)3;1-3-5-4-2;3*1-2/h4-10,12-13,15H,11,14H2,1-3H3;3,5H,4H2,1-2H3;3*1-2H3/p+1/b8-7+,13-4+,19-12?;5-3-;;;. The second-order valence-electron chi connectivity index (χ2n) is 6.38. The maximum Gasteiger partial charge on any atom is 0.206 e. The molecule has 0 fully saturated rings. The average Bonchev–Trinajstić information content (AvgIpc) is 3.29. The molecule has 0 spiro atoms. The number of nitrogens with one attached hydrogen (secondary N) is 1. The number of para-hydroxylation sites is 1. The third-order valence-electron chi connectivity index (χ3n) is 3.85. The predicted molar refractivity (Wildman–Crippen MR) is 149 cm³/mol. The quantitative estimate of drug-likeness (QED) is 0.353. The van der Waals surface area contributed by atoms with Gasteiger partial charge < -0.3 is 0 Å². The van der Waals surface area contributed by atoms with Crippen molar-refractivity contribution in [2.75, 3.05) is 6.54 Å². The lowest BCUT2D eigenvalue weighted by molar-refractivity contribution is -0.347. The molecule has 1 aromatic rings. The van der Waals surface area contributed by atoms with E-state index in [0.717, 1.165) is 25.1 Å². The molecule has 1 aliphatic heterocycles. The van der Waals surface area contributed by atoms with Crippen molar-refractivity contribution in [2.24, 2.45) is 5.10 Å². The Bertz CT molecular complexity index is 665. The van der Waals surface area contributed by atoms with Crippen molar-refractivity contribution in [3.63, 3.8) is 0 Å². The first kappa shape index (κ1) is 34.2. The van der Waals surface area contributed by atoms with Gasteiger partial charge in [-0.05, 0) is 32.3 Å². The zero-order valence-corrected chi connectivity index (χ0v) is 22.9. The van der Waals surface area contributed by atoms with Gasteiger partial charge >= 0.3 is 0 Å². The molecule has 1 aliphatic rings. The molecule has 1 N–H and O–H groups in total. The van der Waals surface area contributed by atoms with Crippen molar-refractivity contribution in [1.29, 1.82) is 0 Å². The number of rotatable bonds is 6. The molecule has 32 heavy (non-hydrogen) atoms. The lowest BCUT2D eigenvalue weighted by Crippen LogP contribution is -2.61. The highest BCUT2D eigenvalue weighted by molar-refractivity contribution is 5.98. The van der Waals surface area contributed by atoms with Gasteiger partial charge in [0.2, 0.25) is 5.69 Å². The second-order valence-corrected chi connectivity index (χ2v) is 6.38. The molecule has 1 heterocycles. The Balaban J connectivity index is -0.000000652. The first-order valence-corrected chi connectivity index (χ1v) is 12.6. The summed E-state index contributed by atoms with van der Waals surface area (Å²) >= 11 is 0. The fourth-order valence-electron chi connectivity index (χ4n) is 2.56. The molecule has 3 heteroatoms. The van der Waals surface area contributed by atoms with Crippen molar-refractivity contribution in [3.8, 4) is 0 Å². The Hall–Kier alpha value is -2.42. The zero-order valence-electron chi connectivity index (χ0n) is 22.9. The second kappa shape index (κ2) is 26.6. The van der Waals surface area contributed by atoms with Gasteiger partial charge in [-0.3, -0.25) is 5.01 Å². The van der Waals surface area contributed by atoms with Gasteiger partial charge in [0, 0.05) is 36.9 Å². The maximum atomic E-state index is 4.50. The van der Waals surface area contributed by atoms with Crippen LogP contribution in [0, 0.1) is 0 Å². The molecule has 0 saturated heterocycles. The van der Waals surface area contributed by atoms with Gasteiger partial charge in [-0.1, -0.05) is 98.7 Å². The maximum absolute atomic E-state index is 4.50. The highest BCUT2D eigenvalue weighted by Gasteiger charge is 2.09. The third-order valence-corrected chi connectivity index (χ3v) is 3.85. The van der Waals surface area contributed by atoms with E-state index in [-0.39, 0.29) is 0 Å². The van der Waals surface area contributed by atoms with Crippen LogP contribution in [0.3, 0.4) is 0 Å². The van der Waals surface area contributed by atoms with Gasteiger partial charge in [-0.25, -0.2) is 4.99 Å². The summed E-state index contributed by atoms with van der Waals surface area (Å²) in [6.07, 6.45) is 16.4. The predicted octanol–water partition coefficient (Wildman–Crippen LogP) is 7.80. The number of hydrogen-bond acceptors (Lipinski definition) is 2. The summed E-state index contributed by atoms with van der Waals surface area (Å²) < 4.78 is 0. The van der Waals surface area contributed by atoms with E-state index in [0.29, 0.717) is 5.92 Å². The van der Waals surface area contributed by atoms with Gasteiger partial charge in [0.25, 0.3) is 0 Å². The number of nitrogens with zero attached hydrogens (tertiary/aromatic N) is 2. The molecule has 182 valence electrons. The molecule has 0 aliphatic carbocycles. The molecule has 2 rings (SSSR count). The minimum atomic E-state index is 0.514. The molecule has 0 atom stereocenters. The molecule has 0 unspecified atom stereocenters. The third kappa shape index (κ3) is 17.3.